The third kappa shape index (κ3) is 2.39. The lowest BCUT2D eigenvalue weighted by atomic mass is 9.88. The Kier molecular flexibility index (Phi) is 3.99. The number of rotatable bonds is 4. The van der Waals surface area contributed by atoms with Crippen LogP contribution in [0.3, 0.4) is 0 Å². The van der Waals surface area contributed by atoms with Crippen LogP contribution in [0.25, 0.3) is 0 Å². The van der Waals surface area contributed by atoms with Crippen molar-refractivity contribution in [2.24, 2.45) is 0 Å². The number of aromatic nitrogens is 1. The number of likely N-dealkylation sites (N-methyl/N-ethyl adjacent to an activating group) is 2. The van der Waals surface area contributed by atoms with Crippen LogP contribution in [-0.2, 0) is 0 Å². The second-order valence-electron chi connectivity index (χ2n) is 4.67. The van der Waals surface area contributed by atoms with Crippen LogP contribution in [-0.4, -0.2) is 36.6 Å². The second kappa shape index (κ2) is 4.89. The Morgan fingerprint density at radius 2 is 2.06 bits per heavy atom. The maximum Gasteiger partial charge on any atom is 0.146 e. The number of nitrogens with zero attached hydrogens (tertiary/aromatic N) is 2. The average Bonchev–Trinajstić information content (AvgIpc) is 2.21. The van der Waals surface area contributed by atoms with Crippen molar-refractivity contribution in [2.45, 2.75) is 25.4 Å². The lowest BCUT2D eigenvalue weighted by molar-refractivity contribution is 0.140. The van der Waals surface area contributed by atoms with E-state index < -0.39 is 0 Å². The summed E-state index contributed by atoms with van der Waals surface area (Å²) < 4.78 is 13.7. The summed E-state index contributed by atoms with van der Waals surface area (Å²) in [6.07, 6.45) is 2.87. The van der Waals surface area contributed by atoms with E-state index in [0.717, 1.165) is 0 Å². The molecule has 0 aliphatic carbocycles. The van der Waals surface area contributed by atoms with Crippen molar-refractivity contribution in [1.29, 1.82) is 0 Å². The van der Waals surface area contributed by atoms with Gasteiger partial charge in [0.05, 0.1) is 12.2 Å². The van der Waals surface area contributed by atoms with Gasteiger partial charge in [-0.3, -0.25) is 4.98 Å². The summed E-state index contributed by atoms with van der Waals surface area (Å²) in [6, 6.07) is 1.65. The zero-order valence-electron chi connectivity index (χ0n) is 10.6. The molecule has 90 valence electrons. The van der Waals surface area contributed by atoms with Gasteiger partial charge in [0.15, 0.2) is 0 Å². The molecule has 0 spiro atoms. The molecule has 0 aliphatic heterocycles. The molecule has 0 saturated heterocycles. The molecular weight excluding hydrogens is 205 g/mol. The highest BCUT2D eigenvalue weighted by molar-refractivity contribution is 5.21. The Morgan fingerprint density at radius 3 is 2.50 bits per heavy atom. The lowest BCUT2D eigenvalue weighted by Crippen LogP contribution is -2.48. The Hall–Kier alpha value is -1.00. The van der Waals surface area contributed by atoms with E-state index >= 15 is 0 Å². The van der Waals surface area contributed by atoms with E-state index in [4.69, 9.17) is 0 Å². The Balaban J connectivity index is 3.13. The zero-order chi connectivity index (χ0) is 12.3. The van der Waals surface area contributed by atoms with Gasteiger partial charge in [-0.15, -0.1) is 0 Å². The van der Waals surface area contributed by atoms with E-state index in [1.165, 1.54) is 6.20 Å². The first kappa shape index (κ1) is 13.1. The number of hydrogen-bond acceptors (Lipinski definition) is 3. The molecule has 0 radical (unpaired) electrons. The molecule has 1 heterocycles. The van der Waals surface area contributed by atoms with Crippen LogP contribution >= 0.6 is 0 Å². The summed E-state index contributed by atoms with van der Waals surface area (Å²) in [5.41, 5.74) is 0.466. The first-order chi connectivity index (χ1) is 7.41. The van der Waals surface area contributed by atoms with E-state index in [1.807, 2.05) is 21.1 Å². The van der Waals surface area contributed by atoms with Crippen molar-refractivity contribution in [3.63, 3.8) is 0 Å². The number of pyridine rings is 1. The van der Waals surface area contributed by atoms with E-state index in [-0.39, 0.29) is 17.4 Å². The maximum atomic E-state index is 13.7. The van der Waals surface area contributed by atoms with Crippen LogP contribution in [0.15, 0.2) is 18.5 Å². The second-order valence-corrected chi connectivity index (χ2v) is 4.67. The quantitative estimate of drug-likeness (QED) is 0.847. The Bertz CT molecular complexity index is 350. The minimum Gasteiger partial charge on any atom is -0.311 e. The van der Waals surface area contributed by atoms with Gasteiger partial charge in [0.1, 0.15) is 5.82 Å². The topological polar surface area (TPSA) is 28.2 Å². The SMILES string of the molecule is CNC(c1ccncc1F)C(C)(C)N(C)C. The van der Waals surface area contributed by atoms with Gasteiger partial charge in [-0.25, -0.2) is 4.39 Å². The first-order valence-electron chi connectivity index (χ1n) is 5.35. The molecule has 1 aromatic rings. The van der Waals surface area contributed by atoms with Gasteiger partial charge < -0.3 is 10.2 Å². The van der Waals surface area contributed by atoms with Crippen molar-refractivity contribution < 1.29 is 4.39 Å². The van der Waals surface area contributed by atoms with Crippen molar-refractivity contribution in [3.8, 4) is 0 Å². The molecule has 0 amide bonds. The molecule has 1 atom stereocenters. The van der Waals surface area contributed by atoms with E-state index in [1.54, 1.807) is 12.3 Å². The van der Waals surface area contributed by atoms with Crippen molar-refractivity contribution in [1.82, 2.24) is 15.2 Å². The average molecular weight is 225 g/mol. The summed E-state index contributed by atoms with van der Waals surface area (Å²) in [4.78, 5) is 5.85. The summed E-state index contributed by atoms with van der Waals surface area (Å²) in [5, 5.41) is 3.17. The molecule has 0 saturated carbocycles. The van der Waals surface area contributed by atoms with Crippen LogP contribution in [0.1, 0.15) is 25.5 Å². The standard InChI is InChI=1S/C12H20FN3/c1-12(2,16(4)5)11(14-3)9-6-7-15-8-10(9)13/h6-8,11,14H,1-5H3. The summed E-state index contributed by atoms with van der Waals surface area (Å²) in [7, 11) is 5.82. The van der Waals surface area contributed by atoms with Crippen LogP contribution in [0, 0.1) is 5.82 Å². The molecule has 4 heteroatoms. The Morgan fingerprint density at radius 1 is 1.44 bits per heavy atom. The van der Waals surface area contributed by atoms with Crippen LogP contribution < -0.4 is 5.32 Å². The van der Waals surface area contributed by atoms with Gasteiger partial charge in [0, 0.05) is 17.3 Å². The van der Waals surface area contributed by atoms with Gasteiger partial charge in [-0.1, -0.05) is 0 Å². The predicted octanol–water partition coefficient (Wildman–Crippen LogP) is 1.82. The molecular formula is C12H20FN3. The molecule has 0 fully saturated rings. The first-order valence-corrected chi connectivity index (χ1v) is 5.35. The smallest absolute Gasteiger partial charge is 0.146 e. The minimum atomic E-state index is -0.267. The van der Waals surface area contributed by atoms with Gasteiger partial charge >= 0.3 is 0 Å². The van der Waals surface area contributed by atoms with Crippen LogP contribution in [0.2, 0.25) is 0 Å². The van der Waals surface area contributed by atoms with Gasteiger partial charge in [-0.05, 0) is 41.1 Å². The molecule has 0 bridgehead atoms. The number of nitrogens with one attached hydrogen (secondary N) is 1. The fourth-order valence-corrected chi connectivity index (χ4v) is 1.77. The third-order valence-corrected chi connectivity index (χ3v) is 3.26. The summed E-state index contributed by atoms with van der Waals surface area (Å²) in [5.74, 6) is -0.267. The fraction of sp³-hybridized carbons (Fsp3) is 0.583. The molecule has 1 rings (SSSR count). The van der Waals surface area contributed by atoms with Gasteiger partial charge in [0.2, 0.25) is 0 Å². The van der Waals surface area contributed by atoms with Crippen molar-refractivity contribution in [3.05, 3.63) is 29.8 Å². The summed E-state index contributed by atoms with van der Waals surface area (Å²) in [6.45, 7) is 4.15. The number of hydrogen-bond donors (Lipinski definition) is 1. The molecule has 1 aromatic heterocycles. The van der Waals surface area contributed by atoms with Gasteiger partial charge in [-0.2, -0.15) is 0 Å². The molecule has 1 N–H and O–H groups in total. The highest BCUT2D eigenvalue weighted by Gasteiger charge is 2.33. The molecule has 1 unspecified atom stereocenters. The molecule has 0 aliphatic rings. The van der Waals surface area contributed by atoms with Crippen LogP contribution in [0.4, 0.5) is 4.39 Å². The lowest BCUT2D eigenvalue weighted by Gasteiger charge is -2.40. The molecule has 0 aromatic carbocycles. The van der Waals surface area contributed by atoms with E-state index in [9.17, 15) is 4.39 Å². The molecule has 16 heavy (non-hydrogen) atoms. The Labute approximate surface area is 96.7 Å². The van der Waals surface area contributed by atoms with Crippen LogP contribution in [0.5, 0.6) is 0 Å². The summed E-state index contributed by atoms with van der Waals surface area (Å²) >= 11 is 0. The zero-order valence-corrected chi connectivity index (χ0v) is 10.6. The normalized spacial score (nSPS) is 14.2. The highest BCUT2D eigenvalue weighted by Crippen LogP contribution is 2.30. The largest absolute Gasteiger partial charge is 0.311 e. The monoisotopic (exact) mass is 225 g/mol. The van der Waals surface area contributed by atoms with Crippen molar-refractivity contribution in [2.75, 3.05) is 21.1 Å². The van der Waals surface area contributed by atoms with E-state index in [2.05, 4.69) is 29.0 Å². The fourth-order valence-electron chi connectivity index (χ4n) is 1.77. The minimum absolute atomic E-state index is 0.0782. The van der Waals surface area contributed by atoms with Gasteiger partial charge in [0.25, 0.3) is 0 Å². The molecule has 3 nitrogen and oxygen atoms in total. The predicted molar refractivity (Wildman–Crippen MR) is 63.8 cm³/mol. The third-order valence-electron chi connectivity index (χ3n) is 3.26. The van der Waals surface area contributed by atoms with E-state index in [0.29, 0.717) is 5.56 Å². The van der Waals surface area contributed by atoms with Crippen molar-refractivity contribution >= 4 is 0 Å². The maximum absolute atomic E-state index is 13.7. The number of halogens is 1. The highest BCUT2D eigenvalue weighted by atomic mass is 19.1.